The maximum atomic E-state index is 13.3. The lowest BCUT2D eigenvalue weighted by atomic mass is 10.2. The summed E-state index contributed by atoms with van der Waals surface area (Å²) in [6, 6.07) is 8.01. The fourth-order valence-corrected chi connectivity index (χ4v) is 9.06. The minimum absolute atomic E-state index is 0.119. The molecule has 0 saturated carbocycles. The van der Waals surface area contributed by atoms with Crippen LogP contribution in [0.4, 0.5) is 5.95 Å². The Labute approximate surface area is 177 Å². The number of aromatic nitrogens is 2. The van der Waals surface area contributed by atoms with Gasteiger partial charge in [0.1, 0.15) is 0 Å². The summed E-state index contributed by atoms with van der Waals surface area (Å²) >= 11 is 0. The van der Waals surface area contributed by atoms with E-state index >= 15 is 0 Å². The third-order valence-electron chi connectivity index (χ3n) is 5.95. The van der Waals surface area contributed by atoms with Crippen LogP contribution in [0.1, 0.15) is 12.5 Å². The van der Waals surface area contributed by atoms with Crippen molar-refractivity contribution in [2.24, 2.45) is 0 Å². The molecule has 0 aliphatic carbocycles. The lowest BCUT2D eigenvalue weighted by molar-refractivity contribution is 0.201. The van der Waals surface area contributed by atoms with Crippen LogP contribution >= 0.6 is 0 Å². The lowest BCUT2D eigenvalue weighted by Crippen LogP contribution is -2.55. The third kappa shape index (κ3) is 4.21. The third-order valence-corrected chi connectivity index (χ3v) is 10.1. The summed E-state index contributed by atoms with van der Waals surface area (Å²) in [7, 11) is -7.18. The Morgan fingerprint density at radius 3 is 2.23 bits per heavy atom. The topological polar surface area (TPSA) is 101 Å². The van der Waals surface area contributed by atoms with Gasteiger partial charge in [-0.15, -0.1) is 0 Å². The van der Waals surface area contributed by atoms with Crippen molar-refractivity contribution in [1.29, 1.82) is 0 Å². The van der Waals surface area contributed by atoms with E-state index in [0.717, 1.165) is 12.0 Å². The molecule has 10 heteroatoms. The first-order chi connectivity index (χ1) is 14.3. The molecule has 2 aromatic rings. The zero-order valence-corrected chi connectivity index (χ0v) is 18.5. The molecule has 8 nitrogen and oxygen atoms in total. The molecule has 2 fully saturated rings. The van der Waals surface area contributed by atoms with Crippen molar-refractivity contribution >= 4 is 25.6 Å². The predicted molar refractivity (Wildman–Crippen MR) is 115 cm³/mol. The van der Waals surface area contributed by atoms with E-state index in [1.165, 1.54) is 0 Å². The SMILES string of the molecule is CCc1ccc(S(=O)(=O)C2CS(=O)(=O)CC2N2CCN(c3ncccn3)CC2)cc1. The molecule has 0 amide bonds. The standard InChI is InChI=1S/C20H26N4O4S2/c1-2-16-4-6-17(7-5-16)30(27,28)19-15-29(25,26)14-18(19)23-10-12-24(13-11-23)20-21-8-3-9-22-20/h3-9,18-19H,2,10-15H2,1H3. The molecule has 2 saturated heterocycles. The number of anilines is 1. The summed E-state index contributed by atoms with van der Waals surface area (Å²) in [5.74, 6) is 0.194. The van der Waals surface area contributed by atoms with Crippen LogP contribution in [0.2, 0.25) is 0 Å². The summed E-state index contributed by atoms with van der Waals surface area (Å²) in [5, 5.41) is -0.950. The fourth-order valence-electron chi connectivity index (χ4n) is 4.23. The molecule has 1 aromatic heterocycles. The normalized spacial score (nSPS) is 24.8. The number of rotatable bonds is 5. The number of aryl methyl sites for hydroxylation is 1. The van der Waals surface area contributed by atoms with Crippen LogP contribution in [0.3, 0.4) is 0 Å². The summed E-state index contributed by atoms with van der Waals surface area (Å²) in [4.78, 5) is 12.8. The van der Waals surface area contributed by atoms with Crippen molar-refractivity contribution in [3.05, 3.63) is 48.3 Å². The van der Waals surface area contributed by atoms with Crippen molar-refractivity contribution in [2.75, 3.05) is 42.6 Å². The van der Waals surface area contributed by atoms with Crippen molar-refractivity contribution in [2.45, 2.75) is 29.5 Å². The second-order valence-electron chi connectivity index (χ2n) is 7.80. The summed E-state index contributed by atoms with van der Waals surface area (Å²) in [6.45, 7) is 4.39. The van der Waals surface area contributed by atoms with E-state index in [1.54, 1.807) is 42.7 Å². The number of nitrogens with zero attached hydrogens (tertiary/aromatic N) is 4. The van der Waals surface area contributed by atoms with Crippen LogP contribution in [0.15, 0.2) is 47.6 Å². The number of hydrogen-bond donors (Lipinski definition) is 0. The van der Waals surface area contributed by atoms with Gasteiger partial charge < -0.3 is 4.90 Å². The van der Waals surface area contributed by atoms with Gasteiger partial charge in [-0.25, -0.2) is 26.8 Å². The maximum Gasteiger partial charge on any atom is 0.225 e. The minimum Gasteiger partial charge on any atom is -0.338 e. The molecule has 0 bridgehead atoms. The quantitative estimate of drug-likeness (QED) is 0.659. The zero-order valence-electron chi connectivity index (χ0n) is 16.9. The fraction of sp³-hybridized carbons (Fsp3) is 0.500. The van der Waals surface area contributed by atoms with E-state index in [4.69, 9.17) is 0 Å². The van der Waals surface area contributed by atoms with Gasteiger partial charge in [0, 0.05) is 44.6 Å². The number of sulfone groups is 2. The molecule has 162 valence electrons. The maximum absolute atomic E-state index is 13.3. The van der Waals surface area contributed by atoms with Gasteiger partial charge in [-0.2, -0.15) is 0 Å². The van der Waals surface area contributed by atoms with Crippen LogP contribution in [0, 0.1) is 0 Å². The van der Waals surface area contributed by atoms with E-state index in [1.807, 2.05) is 16.7 Å². The summed E-state index contributed by atoms with van der Waals surface area (Å²) in [5.41, 5.74) is 1.05. The second kappa shape index (κ2) is 8.24. The van der Waals surface area contributed by atoms with E-state index in [2.05, 4.69) is 9.97 Å². The Hall–Kier alpha value is -2.04. The molecule has 2 atom stereocenters. The predicted octanol–water partition coefficient (Wildman–Crippen LogP) is 0.801. The first kappa shape index (κ1) is 21.2. The molecule has 30 heavy (non-hydrogen) atoms. The number of hydrogen-bond acceptors (Lipinski definition) is 8. The van der Waals surface area contributed by atoms with Crippen molar-refractivity contribution in [3.63, 3.8) is 0 Å². The monoisotopic (exact) mass is 450 g/mol. The van der Waals surface area contributed by atoms with E-state index in [-0.39, 0.29) is 16.4 Å². The van der Waals surface area contributed by atoms with Gasteiger partial charge in [0.15, 0.2) is 19.7 Å². The van der Waals surface area contributed by atoms with Gasteiger partial charge >= 0.3 is 0 Å². The first-order valence-corrected chi connectivity index (χ1v) is 13.5. The number of benzene rings is 1. The molecule has 0 N–H and O–H groups in total. The van der Waals surface area contributed by atoms with Crippen molar-refractivity contribution in [3.8, 4) is 0 Å². The van der Waals surface area contributed by atoms with Crippen LogP contribution in [0.25, 0.3) is 0 Å². The van der Waals surface area contributed by atoms with Crippen molar-refractivity contribution < 1.29 is 16.8 Å². The van der Waals surface area contributed by atoms with Crippen LogP contribution in [0.5, 0.6) is 0 Å². The van der Waals surface area contributed by atoms with Crippen molar-refractivity contribution in [1.82, 2.24) is 14.9 Å². The molecule has 2 aliphatic heterocycles. The second-order valence-corrected chi connectivity index (χ2v) is 12.1. The molecule has 3 heterocycles. The van der Waals surface area contributed by atoms with Gasteiger partial charge in [0.25, 0.3) is 0 Å². The Morgan fingerprint density at radius 2 is 1.63 bits per heavy atom. The summed E-state index contributed by atoms with van der Waals surface area (Å²) < 4.78 is 51.6. The van der Waals surface area contributed by atoms with Crippen LogP contribution < -0.4 is 4.90 Å². The van der Waals surface area contributed by atoms with E-state index in [0.29, 0.717) is 32.1 Å². The molecule has 0 spiro atoms. The molecular formula is C20H26N4O4S2. The highest BCUT2D eigenvalue weighted by Crippen LogP contribution is 2.30. The molecular weight excluding hydrogens is 424 g/mol. The zero-order chi connectivity index (χ0) is 21.4. The lowest BCUT2D eigenvalue weighted by Gasteiger charge is -2.39. The molecule has 4 rings (SSSR count). The van der Waals surface area contributed by atoms with Gasteiger partial charge in [-0.1, -0.05) is 19.1 Å². The molecule has 0 radical (unpaired) electrons. The Bertz CT molecular complexity index is 1080. The Kier molecular flexibility index (Phi) is 5.82. The highest BCUT2D eigenvalue weighted by atomic mass is 32.2. The smallest absolute Gasteiger partial charge is 0.225 e. The average Bonchev–Trinajstić information content (AvgIpc) is 3.11. The van der Waals surface area contributed by atoms with E-state index < -0.39 is 31.0 Å². The van der Waals surface area contributed by atoms with E-state index in [9.17, 15) is 16.8 Å². The highest BCUT2D eigenvalue weighted by Gasteiger charge is 2.48. The molecule has 1 aromatic carbocycles. The largest absolute Gasteiger partial charge is 0.338 e. The van der Waals surface area contributed by atoms with Gasteiger partial charge in [-0.05, 0) is 30.2 Å². The number of piperazine rings is 1. The Morgan fingerprint density at radius 1 is 1.00 bits per heavy atom. The minimum atomic E-state index is -3.76. The van der Waals surface area contributed by atoms with Gasteiger partial charge in [-0.3, -0.25) is 4.90 Å². The van der Waals surface area contributed by atoms with Gasteiger partial charge in [0.2, 0.25) is 5.95 Å². The highest BCUT2D eigenvalue weighted by molar-refractivity contribution is 7.96. The molecule has 2 aliphatic rings. The van der Waals surface area contributed by atoms with Gasteiger partial charge in [0.05, 0.1) is 21.7 Å². The average molecular weight is 451 g/mol. The Balaban J connectivity index is 1.54. The van der Waals surface area contributed by atoms with Crippen LogP contribution in [-0.2, 0) is 26.1 Å². The van der Waals surface area contributed by atoms with Crippen LogP contribution in [-0.4, -0.2) is 80.7 Å². The molecule has 2 unspecified atom stereocenters. The first-order valence-electron chi connectivity index (χ1n) is 10.1. The summed E-state index contributed by atoms with van der Waals surface area (Å²) in [6.07, 6.45) is 4.19.